The molecule has 2 N–H and O–H groups in total. The van der Waals surface area contributed by atoms with Crippen molar-refractivity contribution in [3.63, 3.8) is 0 Å². The molecule has 1 aromatic rings. The Labute approximate surface area is 131 Å². The summed E-state index contributed by atoms with van der Waals surface area (Å²) in [5.74, 6) is -1.07. The second-order valence-corrected chi connectivity index (χ2v) is 5.50. The van der Waals surface area contributed by atoms with E-state index in [0.717, 1.165) is 5.69 Å². The van der Waals surface area contributed by atoms with Crippen molar-refractivity contribution in [2.24, 2.45) is 0 Å². The van der Waals surface area contributed by atoms with E-state index in [4.69, 9.17) is 9.84 Å². The van der Waals surface area contributed by atoms with E-state index in [0.29, 0.717) is 30.8 Å². The van der Waals surface area contributed by atoms with Crippen LogP contribution in [0.2, 0.25) is 0 Å². The van der Waals surface area contributed by atoms with Crippen molar-refractivity contribution in [2.45, 2.75) is 13.0 Å². The van der Waals surface area contributed by atoms with Gasteiger partial charge < -0.3 is 20.1 Å². The van der Waals surface area contributed by atoms with Crippen LogP contribution in [0.4, 0.5) is 5.69 Å². The quantitative estimate of drug-likeness (QED) is 0.854. The summed E-state index contributed by atoms with van der Waals surface area (Å²) in [7, 11) is 0. The molecule has 1 aliphatic rings. The molecule has 0 radical (unpaired) electrons. The smallest absolute Gasteiger partial charge is 0.335 e. The van der Waals surface area contributed by atoms with E-state index in [1.54, 1.807) is 12.1 Å². The lowest BCUT2D eigenvalue weighted by Crippen LogP contribution is -2.54. The summed E-state index contributed by atoms with van der Waals surface area (Å²) >= 11 is 3.39. The molecule has 1 atom stereocenters. The van der Waals surface area contributed by atoms with Gasteiger partial charge >= 0.3 is 5.97 Å². The first-order valence-electron chi connectivity index (χ1n) is 6.69. The SMILES string of the molecule is CCNC(=O)C1COCCN1c1ccc(C(=O)O)cc1Br. The Morgan fingerprint density at radius 3 is 2.90 bits per heavy atom. The number of carbonyl (C=O) groups excluding carboxylic acids is 1. The number of amides is 1. The number of carbonyl (C=O) groups is 2. The van der Waals surface area contributed by atoms with Crippen molar-refractivity contribution in [1.82, 2.24) is 5.32 Å². The molecule has 1 heterocycles. The van der Waals surface area contributed by atoms with Crippen LogP contribution in [-0.2, 0) is 9.53 Å². The van der Waals surface area contributed by atoms with Gasteiger partial charge in [0.2, 0.25) is 5.91 Å². The van der Waals surface area contributed by atoms with Crippen LogP contribution in [0.25, 0.3) is 0 Å². The van der Waals surface area contributed by atoms with Crippen LogP contribution in [0, 0.1) is 0 Å². The van der Waals surface area contributed by atoms with Gasteiger partial charge in [-0.05, 0) is 41.1 Å². The molecule has 1 aliphatic heterocycles. The lowest BCUT2D eigenvalue weighted by atomic mass is 10.1. The highest BCUT2D eigenvalue weighted by Gasteiger charge is 2.30. The number of nitrogens with zero attached hydrogens (tertiary/aromatic N) is 1. The van der Waals surface area contributed by atoms with Crippen molar-refractivity contribution < 1.29 is 19.4 Å². The zero-order chi connectivity index (χ0) is 15.4. The van der Waals surface area contributed by atoms with Gasteiger partial charge in [0.05, 0.1) is 24.5 Å². The van der Waals surface area contributed by atoms with Crippen LogP contribution in [0.1, 0.15) is 17.3 Å². The third-order valence-corrected chi connectivity index (χ3v) is 3.92. The highest BCUT2D eigenvalue weighted by Crippen LogP contribution is 2.30. The van der Waals surface area contributed by atoms with Crippen LogP contribution in [0.15, 0.2) is 22.7 Å². The minimum Gasteiger partial charge on any atom is -0.478 e. The van der Waals surface area contributed by atoms with Gasteiger partial charge in [0, 0.05) is 17.6 Å². The number of morpholine rings is 1. The molecule has 1 unspecified atom stereocenters. The van der Waals surface area contributed by atoms with Gasteiger partial charge in [-0.3, -0.25) is 4.79 Å². The molecular formula is C14H17BrN2O4. The lowest BCUT2D eigenvalue weighted by Gasteiger charge is -2.36. The first kappa shape index (κ1) is 15.8. The van der Waals surface area contributed by atoms with E-state index in [2.05, 4.69) is 21.2 Å². The normalized spacial score (nSPS) is 18.4. The Hall–Kier alpha value is -1.60. The highest BCUT2D eigenvalue weighted by molar-refractivity contribution is 9.10. The molecule has 6 nitrogen and oxygen atoms in total. The van der Waals surface area contributed by atoms with E-state index < -0.39 is 12.0 Å². The van der Waals surface area contributed by atoms with E-state index in [-0.39, 0.29) is 11.5 Å². The van der Waals surface area contributed by atoms with Crippen molar-refractivity contribution in [3.8, 4) is 0 Å². The van der Waals surface area contributed by atoms with Gasteiger partial charge in [0.15, 0.2) is 0 Å². The lowest BCUT2D eigenvalue weighted by molar-refractivity contribution is -0.124. The summed E-state index contributed by atoms with van der Waals surface area (Å²) in [5, 5.41) is 11.8. The average molecular weight is 357 g/mol. The molecule has 0 aliphatic carbocycles. The fraction of sp³-hybridized carbons (Fsp3) is 0.429. The van der Waals surface area contributed by atoms with Crippen molar-refractivity contribution in [2.75, 3.05) is 31.2 Å². The molecule has 0 bridgehead atoms. The predicted molar refractivity (Wildman–Crippen MR) is 81.7 cm³/mol. The van der Waals surface area contributed by atoms with Crippen LogP contribution in [0.5, 0.6) is 0 Å². The van der Waals surface area contributed by atoms with E-state index in [9.17, 15) is 9.59 Å². The first-order chi connectivity index (χ1) is 10.0. The Morgan fingerprint density at radius 1 is 1.52 bits per heavy atom. The number of hydrogen-bond donors (Lipinski definition) is 2. The highest BCUT2D eigenvalue weighted by atomic mass is 79.9. The van der Waals surface area contributed by atoms with Gasteiger partial charge in [-0.25, -0.2) is 4.79 Å². The first-order valence-corrected chi connectivity index (χ1v) is 7.48. The standard InChI is InChI=1S/C14H17BrN2O4/c1-2-16-13(18)12-8-21-6-5-17(12)11-4-3-9(14(19)20)7-10(11)15/h3-4,7,12H,2,5-6,8H2,1H3,(H,16,18)(H,19,20). The largest absolute Gasteiger partial charge is 0.478 e. The summed E-state index contributed by atoms with van der Waals surface area (Å²) in [6.45, 7) is 3.85. The zero-order valence-corrected chi connectivity index (χ0v) is 13.2. The second kappa shape index (κ2) is 6.91. The fourth-order valence-electron chi connectivity index (χ4n) is 2.27. The summed E-state index contributed by atoms with van der Waals surface area (Å²) in [6, 6.07) is 4.38. The van der Waals surface area contributed by atoms with Gasteiger partial charge in [-0.2, -0.15) is 0 Å². The number of halogens is 1. The molecule has 1 amide bonds. The molecule has 0 aromatic heterocycles. The Kier molecular flexibility index (Phi) is 5.19. The maximum Gasteiger partial charge on any atom is 0.335 e. The summed E-state index contributed by atoms with van der Waals surface area (Å²) in [6.07, 6.45) is 0. The number of nitrogens with one attached hydrogen (secondary N) is 1. The summed E-state index contributed by atoms with van der Waals surface area (Å²) in [4.78, 5) is 25.0. The van der Waals surface area contributed by atoms with Gasteiger partial charge in [0.25, 0.3) is 0 Å². The van der Waals surface area contributed by atoms with Gasteiger partial charge in [-0.1, -0.05) is 0 Å². The molecular weight excluding hydrogens is 340 g/mol. The van der Waals surface area contributed by atoms with Crippen LogP contribution in [0.3, 0.4) is 0 Å². The van der Waals surface area contributed by atoms with Gasteiger partial charge in [-0.15, -0.1) is 0 Å². The van der Waals surface area contributed by atoms with Crippen LogP contribution < -0.4 is 10.2 Å². The number of benzene rings is 1. The summed E-state index contributed by atoms with van der Waals surface area (Å²) in [5.41, 5.74) is 0.994. The third-order valence-electron chi connectivity index (χ3n) is 3.29. The topological polar surface area (TPSA) is 78.9 Å². The molecule has 1 saturated heterocycles. The van der Waals surface area contributed by atoms with Crippen LogP contribution >= 0.6 is 15.9 Å². The molecule has 7 heteroatoms. The van der Waals surface area contributed by atoms with Gasteiger partial charge in [0.1, 0.15) is 6.04 Å². The Bertz CT molecular complexity index is 550. The average Bonchev–Trinajstić information content (AvgIpc) is 2.47. The number of likely N-dealkylation sites (N-methyl/N-ethyl adjacent to an activating group) is 1. The fourth-order valence-corrected chi connectivity index (χ4v) is 2.88. The number of ether oxygens (including phenoxy) is 1. The minimum atomic E-state index is -0.982. The molecule has 1 aromatic carbocycles. The van der Waals surface area contributed by atoms with Crippen molar-refractivity contribution >= 4 is 33.5 Å². The number of hydrogen-bond acceptors (Lipinski definition) is 4. The number of carboxylic acid groups (broad SMARTS) is 1. The number of anilines is 1. The van der Waals surface area contributed by atoms with E-state index in [1.165, 1.54) is 6.07 Å². The van der Waals surface area contributed by atoms with Crippen LogP contribution in [-0.4, -0.2) is 49.3 Å². The zero-order valence-electron chi connectivity index (χ0n) is 11.6. The molecule has 0 saturated carbocycles. The predicted octanol–water partition coefficient (Wildman–Crippen LogP) is 1.49. The van der Waals surface area contributed by atoms with Crippen molar-refractivity contribution in [3.05, 3.63) is 28.2 Å². The molecule has 1 fully saturated rings. The second-order valence-electron chi connectivity index (χ2n) is 4.65. The Balaban J connectivity index is 2.29. The number of aromatic carboxylic acids is 1. The molecule has 21 heavy (non-hydrogen) atoms. The minimum absolute atomic E-state index is 0.0913. The molecule has 2 rings (SSSR count). The van der Waals surface area contributed by atoms with E-state index in [1.807, 2.05) is 11.8 Å². The monoisotopic (exact) mass is 356 g/mol. The van der Waals surface area contributed by atoms with E-state index >= 15 is 0 Å². The molecule has 0 spiro atoms. The number of carboxylic acids is 1. The summed E-state index contributed by atoms with van der Waals surface area (Å²) < 4.78 is 6.04. The molecule has 114 valence electrons. The Morgan fingerprint density at radius 2 is 2.29 bits per heavy atom. The maximum atomic E-state index is 12.1. The maximum absolute atomic E-state index is 12.1. The third kappa shape index (κ3) is 3.54. The van der Waals surface area contributed by atoms with Crippen molar-refractivity contribution in [1.29, 1.82) is 0 Å². The number of rotatable bonds is 4.